The summed E-state index contributed by atoms with van der Waals surface area (Å²) in [7, 11) is 0. The van der Waals surface area contributed by atoms with Gasteiger partial charge in [-0.2, -0.15) is 17.6 Å². The monoisotopic (exact) mass is 488 g/mol. The van der Waals surface area contributed by atoms with E-state index in [9.17, 15) is 26.7 Å². The van der Waals surface area contributed by atoms with Crippen LogP contribution in [0.1, 0.15) is 52.4 Å². The van der Waals surface area contributed by atoms with Gasteiger partial charge in [-0.15, -0.1) is 0 Å². The normalized spacial score (nSPS) is 12.3. The van der Waals surface area contributed by atoms with Gasteiger partial charge in [0, 0.05) is 5.56 Å². The Morgan fingerprint density at radius 1 is 0.882 bits per heavy atom. The Morgan fingerprint density at radius 2 is 1.56 bits per heavy atom. The summed E-state index contributed by atoms with van der Waals surface area (Å²) in [5, 5.41) is 0. The lowest BCUT2D eigenvalue weighted by atomic mass is 9.98. The molecule has 0 aliphatic rings. The number of halogens is 5. The van der Waals surface area contributed by atoms with Gasteiger partial charge in [0.1, 0.15) is 5.75 Å². The van der Waals surface area contributed by atoms with E-state index in [-0.39, 0.29) is 12.0 Å². The molecule has 2 aromatic rings. The highest BCUT2D eigenvalue weighted by Crippen LogP contribution is 2.33. The van der Waals surface area contributed by atoms with Gasteiger partial charge in [0.15, 0.2) is 11.6 Å². The summed E-state index contributed by atoms with van der Waals surface area (Å²) in [6.07, 6.45) is -3.46. The van der Waals surface area contributed by atoms with Crippen molar-refractivity contribution in [3.05, 3.63) is 48.0 Å². The molecule has 0 aliphatic carbocycles. The highest BCUT2D eigenvalue weighted by molar-refractivity contribution is 5.68. The third-order valence-electron chi connectivity index (χ3n) is 5.23. The molecule has 1 atom stereocenters. The van der Waals surface area contributed by atoms with E-state index in [1.807, 2.05) is 6.92 Å². The van der Waals surface area contributed by atoms with Crippen LogP contribution in [0.2, 0.25) is 0 Å². The predicted molar refractivity (Wildman–Crippen MR) is 118 cm³/mol. The molecule has 0 fully saturated rings. The minimum absolute atomic E-state index is 0.0535. The number of hydrogen-bond donors (Lipinski definition) is 0. The van der Waals surface area contributed by atoms with E-state index in [4.69, 9.17) is 4.74 Å². The first-order chi connectivity index (χ1) is 16.2. The van der Waals surface area contributed by atoms with Gasteiger partial charge in [0.2, 0.25) is 5.82 Å². The molecule has 1 unspecified atom stereocenters. The topological polar surface area (TPSA) is 44.8 Å². The lowest BCUT2D eigenvalue weighted by Crippen LogP contribution is -2.25. The Hall–Kier alpha value is -2.84. The van der Waals surface area contributed by atoms with Crippen LogP contribution in [0.25, 0.3) is 11.1 Å². The molecule has 34 heavy (non-hydrogen) atoms. The van der Waals surface area contributed by atoms with Crippen molar-refractivity contribution in [2.24, 2.45) is 5.92 Å². The van der Waals surface area contributed by atoms with E-state index in [0.717, 1.165) is 18.9 Å². The van der Waals surface area contributed by atoms with E-state index in [1.165, 1.54) is 6.07 Å². The average Bonchev–Trinajstić information content (AvgIpc) is 2.79. The first-order valence-corrected chi connectivity index (χ1v) is 11.3. The summed E-state index contributed by atoms with van der Waals surface area (Å²) in [6, 6.07) is 8.71. The molecule has 0 radical (unpaired) electrons. The van der Waals surface area contributed by atoms with E-state index < -0.39 is 48.7 Å². The van der Waals surface area contributed by atoms with Crippen LogP contribution in [0.5, 0.6) is 11.5 Å². The van der Waals surface area contributed by atoms with Gasteiger partial charge in [0.05, 0.1) is 19.1 Å². The molecule has 0 bridgehead atoms. The van der Waals surface area contributed by atoms with Gasteiger partial charge in [-0.05, 0) is 49.1 Å². The largest absolute Gasteiger partial charge is 0.513 e. The number of alkyl halides is 3. The van der Waals surface area contributed by atoms with E-state index in [0.29, 0.717) is 30.8 Å². The molecule has 4 nitrogen and oxygen atoms in total. The van der Waals surface area contributed by atoms with Crippen LogP contribution >= 0.6 is 0 Å². The lowest BCUT2D eigenvalue weighted by molar-refractivity contribution is -0.180. The van der Waals surface area contributed by atoms with Crippen molar-refractivity contribution >= 4 is 6.16 Å². The van der Waals surface area contributed by atoms with Gasteiger partial charge >= 0.3 is 12.3 Å². The molecular weight excluding hydrogens is 459 g/mol. The Kier molecular flexibility index (Phi) is 10.6. The van der Waals surface area contributed by atoms with Crippen LogP contribution in [0.4, 0.5) is 26.7 Å². The first-order valence-electron chi connectivity index (χ1n) is 11.3. The molecule has 0 aromatic heterocycles. The predicted octanol–water partition coefficient (Wildman–Crippen LogP) is 8.08. The second-order valence-corrected chi connectivity index (χ2v) is 7.84. The number of rotatable bonds is 12. The van der Waals surface area contributed by atoms with Gasteiger partial charge in [0.25, 0.3) is 0 Å². The minimum Gasteiger partial charge on any atom is -0.494 e. The second kappa shape index (κ2) is 13.2. The van der Waals surface area contributed by atoms with Crippen molar-refractivity contribution in [3.63, 3.8) is 0 Å². The van der Waals surface area contributed by atoms with Crippen molar-refractivity contribution in [1.82, 2.24) is 0 Å². The standard InChI is InChI=1S/C25H29F5O4/c1-3-5-7-18(25(28,29)30)14-16-33-24(31)34-21-13-12-20(22(26)23(21)27)17-8-10-19(11-9-17)32-15-6-4-2/h8-13,18H,3-7,14-16H2,1-2H3. The first kappa shape index (κ1) is 27.4. The fourth-order valence-corrected chi connectivity index (χ4v) is 3.22. The van der Waals surface area contributed by atoms with E-state index in [2.05, 4.69) is 9.47 Å². The van der Waals surface area contributed by atoms with Crippen molar-refractivity contribution in [2.75, 3.05) is 13.2 Å². The smallest absolute Gasteiger partial charge is 0.494 e. The van der Waals surface area contributed by atoms with Crippen molar-refractivity contribution < 1.29 is 41.0 Å². The quantitative estimate of drug-likeness (QED) is 0.131. The number of hydrogen-bond acceptors (Lipinski definition) is 4. The minimum atomic E-state index is -4.41. The second-order valence-electron chi connectivity index (χ2n) is 7.84. The molecule has 2 rings (SSSR count). The molecule has 0 heterocycles. The fourth-order valence-electron chi connectivity index (χ4n) is 3.22. The zero-order chi connectivity index (χ0) is 25.1. The average molecular weight is 488 g/mol. The highest BCUT2D eigenvalue weighted by atomic mass is 19.4. The molecular formula is C25H29F5O4. The van der Waals surface area contributed by atoms with Gasteiger partial charge in [-0.1, -0.05) is 45.2 Å². The number of carbonyl (C=O) groups excluding carboxylic acids is 1. The SMILES string of the molecule is CCCCOc1ccc(-c2ccc(OC(=O)OCCC(CCCC)C(F)(F)F)c(F)c2F)cc1. The lowest BCUT2D eigenvalue weighted by Gasteiger charge is -2.19. The number of benzene rings is 2. The summed E-state index contributed by atoms with van der Waals surface area (Å²) in [5.41, 5.74) is 0.334. The van der Waals surface area contributed by atoms with Crippen LogP contribution in [0, 0.1) is 17.6 Å². The molecule has 0 saturated carbocycles. The van der Waals surface area contributed by atoms with Gasteiger partial charge in [-0.3, -0.25) is 0 Å². The molecule has 0 saturated heterocycles. The third kappa shape index (κ3) is 8.18. The van der Waals surface area contributed by atoms with Crippen LogP contribution in [0.3, 0.4) is 0 Å². The molecule has 9 heteroatoms. The Labute approximate surface area is 196 Å². The number of carbonyl (C=O) groups is 1. The van der Waals surface area contributed by atoms with Crippen molar-refractivity contribution in [2.45, 2.75) is 58.5 Å². The molecule has 2 aromatic carbocycles. The highest BCUT2D eigenvalue weighted by Gasteiger charge is 2.38. The van der Waals surface area contributed by atoms with Crippen molar-refractivity contribution in [3.8, 4) is 22.6 Å². The Balaban J connectivity index is 1.97. The summed E-state index contributed by atoms with van der Waals surface area (Å²) < 4.78 is 82.9. The fraction of sp³-hybridized carbons (Fsp3) is 0.480. The number of ether oxygens (including phenoxy) is 3. The van der Waals surface area contributed by atoms with Crippen molar-refractivity contribution in [1.29, 1.82) is 0 Å². The molecule has 0 spiro atoms. The maximum atomic E-state index is 14.6. The van der Waals surface area contributed by atoms with Crippen LogP contribution in [0.15, 0.2) is 36.4 Å². The molecule has 0 amide bonds. The Morgan fingerprint density at radius 3 is 2.18 bits per heavy atom. The van der Waals surface area contributed by atoms with E-state index in [1.54, 1.807) is 31.2 Å². The molecule has 0 N–H and O–H groups in total. The third-order valence-corrected chi connectivity index (χ3v) is 5.23. The van der Waals surface area contributed by atoms with Crippen LogP contribution in [-0.4, -0.2) is 25.5 Å². The summed E-state index contributed by atoms with van der Waals surface area (Å²) >= 11 is 0. The van der Waals surface area contributed by atoms with Gasteiger partial charge < -0.3 is 14.2 Å². The summed E-state index contributed by atoms with van der Waals surface area (Å²) in [4.78, 5) is 11.8. The molecule has 188 valence electrons. The van der Waals surface area contributed by atoms with Crippen LogP contribution in [-0.2, 0) is 4.74 Å². The van der Waals surface area contributed by atoms with Gasteiger partial charge in [-0.25, -0.2) is 9.18 Å². The van der Waals surface area contributed by atoms with E-state index >= 15 is 0 Å². The molecule has 0 aliphatic heterocycles. The summed E-state index contributed by atoms with van der Waals surface area (Å²) in [6.45, 7) is 3.81. The zero-order valence-corrected chi connectivity index (χ0v) is 19.2. The summed E-state index contributed by atoms with van der Waals surface area (Å²) in [5.74, 6) is -4.38. The number of unbranched alkanes of at least 4 members (excludes halogenated alkanes) is 2. The van der Waals surface area contributed by atoms with Crippen LogP contribution < -0.4 is 9.47 Å². The maximum Gasteiger partial charge on any atom is 0.513 e. The zero-order valence-electron chi connectivity index (χ0n) is 19.2. The Bertz CT molecular complexity index is 913. The maximum absolute atomic E-state index is 14.6.